The Morgan fingerprint density at radius 1 is 1.53 bits per heavy atom. The summed E-state index contributed by atoms with van der Waals surface area (Å²) >= 11 is 5.48. The van der Waals surface area contributed by atoms with Crippen molar-refractivity contribution >= 4 is 23.5 Å². The summed E-state index contributed by atoms with van der Waals surface area (Å²) in [5, 5.41) is 7.47. The van der Waals surface area contributed by atoms with Crippen molar-refractivity contribution in [2.75, 3.05) is 6.54 Å². The molecule has 1 aromatic rings. The third kappa shape index (κ3) is 4.81. The van der Waals surface area contributed by atoms with Crippen molar-refractivity contribution in [2.45, 2.75) is 25.6 Å². The highest BCUT2D eigenvalue weighted by molar-refractivity contribution is 6.31. The second-order valence-corrected chi connectivity index (χ2v) is 4.00. The van der Waals surface area contributed by atoms with E-state index >= 15 is 0 Å². The number of urea groups is 1. The molecule has 0 saturated carbocycles. The van der Waals surface area contributed by atoms with Gasteiger partial charge in [-0.15, -0.1) is 11.6 Å². The zero-order valence-electron chi connectivity index (χ0n) is 9.49. The number of amides is 3. The van der Waals surface area contributed by atoms with Gasteiger partial charge in [0.2, 0.25) is 11.8 Å². The number of rotatable bonds is 4. The standard InChI is InChI=1S/C9H13ClN4O3/c1-5(10)8(15)13-9(16)11-4-3-7-12-6(2)17-14-7/h5H,3-4H2,1-2H3,(H2,11,13,15,16). The molecule has 1 heterocycles. The molecule has 0 aliphatic carbocycles. The van der Waals surface area contributed by atoms with Crippen molar-refractivity contribution in [1.82, 2.24) is 20.8 Å². The quantitative estimate of drug-likeness (QED) is 0.763. The van der Waals surface area contributed by atoms with Gasteiger partial charge >= 0.3 is 6.03 Å². The number of hydrogen-bond acceptors (Lipinski definition) is 5. The topological polar surface area (TPSA) is 97.1 Å². The highest BCUT2D eigenvalue weighted by Gasteiger charge is 2.12. The molecule has 0 bridgehead atoms. The highest BCUT2D eigenvalue weighted by atomic mass is 35.5. The molecule has 1 rings (SSSR count). The van der Waals surface area contributed by atoms with Crippen LogP contribution in [0.15, 0.2) is 4.52 Å². The van der Waals surface area contributed by atoms with Crippen LogP contribution in [0.1, 0.15) is 18.6 Å². The summed E-state index contributed by atoms with van der Waals surface area (Å²) in [6, 6.07) is -0.595. The molecule has 2 N–H and O–H groups in total. The van der Waals surface area contributed by atoms with Crippen molar-refractivity contribution in [3.05, 3.63) is 11.7 Å². The van der Waals surface area contributed by atoms with E-state index in [9.17, 15) is 9.59 Å². The molecule has 0 radical (unpaired) electrons. The van der Waals surface area contributed by atoms with Crippen LogP contribution >= 0.6 is 11.6 Å². The molecule has 3 amide bonds. The molecular formula is C9H13ClN4O3. The third-order valence-electron chi connectivity index (χ3n) is 1.80. The molecule has 0 spiro atoms. The molecule has 0 aliphatic heterocycles. The van der Waals surface area contributed by atoms with Gasteiger partial charge in [0.25, 0.3) is 0 Å². The first-order valence-corrected chi connectivity index (χ1v) is 5.44. The Kier molecular flexibility index (Phi) is 4.89. The number of nitrogens with one attached hydrogen (secondary N) is 2. The number of hydrogen-bond donors (Lipinski definition) is 2. The van der Waals surface area contributed by atoms with Gasteiger partial charge in [-0.3, -0.25) is 10.1 Å². The van der Waals surface area contributed by atoms with Gasteiger partial charge in [-0.2, -0.15) is 4.98 Å². The van der Waals surface area contributed by atoms with Crippen LogP contribution in [0.3, 0.4) is 0 Å². The number of halogens is 1. The Morgan fingerprint density at radius 2 is 2.24 bits per heavy atom. The summed E-state index contributed by atoms with van der Waals surface area (Å²) < 4.78 is 4.76. The molecule has 8 heteroatoms. The predicted molar refractivity (Wildman–Crippen MR) is 59.6 cm³/mol. The number of alkyl halides is 1. The van der Waals surface area contributed by atoms with Crippen LogP contribution in [0.2, 0.25) is 0 Å². The fourth-order valence-electron chi connectivity index (χ4n) is 0.986. The van der Waals surface area contributed by atoms with Crippen molar-refractivity contribution < 1.29 is 14.1 Å². The Labute approximate surface area is 103 Å². The first-order chi connectivity index (χ1) is 7.99. The number of aromatic nitrogens is 2. The molecule has 7 nitrogen and oxygen atoms in total. The zero-order chi connectivity index (χ0) is 12.8. The smallest absolute Gasteiger partial charge is 0.321 e. The molecule has 0 saturated heterocycles. The van der Waals surface area contributed by atoms with E-state index < -0.39 is 17.3 Å². The number of nitrogens with zero attached hydrogens (tertiary/aromatic N) is 2. The van der Waals surface area contributed by atoms with Gasteiger partial charge in [0.05, 0.1) is 0 Å². The molecule has 17 heavy (non-hydrogen) atoms. The van der Waals surface area contributed by atoms with Crippen LogP contribution < -0.4 is 10.6 Å². The fourth-order valence-corrected chi connectivity index (χ4v) is 1.04. The van der Waals surface area contributed by atoms with E-state index in [0.717, 1.165) is 0 Å². The maximum atomic E-state index is 11.2. The van der Waals surface area contributed by atoms with E-state index in [4.69, 9.17) is 16.1 Å². The lowest BCUT2D eigenvalue weighted by atomic mass is 10.4. The van der Waals surface area contributed by atoms with Gasteiger partial charge in [-0.1, -0.05) is 5.16 Å². The fraction of sp³-hybridized carbons (Fsp3) is 0.556. The van der Waals surface area contributed by atoms with Crippen LogP contribution in [0.5, 0.6) is 0 Å². The second-order valence-electron chi connectivity index (χ2n) is 3.34. The lowest BCUT2D eigenvalue weighted by Crippen LogP contribution is -2.42. The van der Waals surface area contributed by atoms with Gasteiger partial charge in [0.1, 0.15) is 5.38 Å². The molecule has 1 atom stereocenters. The van der Waals surface area contributed by atoms with Crippen LogP contribution in [-0.4, -0.2) is 34.0 Å². The van der Waals surface area contributed by atoms with E-state index in [2.05, 4.69) is 20.8 Å². The average Bonchev–Trinajstić information content (AvgIpc) is 2.64. The third-order valence-corrected chi connectivity index (χ3v) is 2.00. The van der Waals surface area contributed by atoms with Crippen molar-refractivity contribution in [1.29, 1.82) is 0 Å². The Bertz CT molecular complexity index is 405. The summed E-state index contributed by atoms with van der Waals surface area (Å²) in [6.45, 7) is 3.46. The summed E-state index contributed by atoms with van der Waals surface area (Å²) in [7, 11) is 0. The molecule has 0 fully saturated rings. The normalized spacial score (nSPS) is 11.9. The van der Waals surface area contributed by atoms with Crippen LogP contribution in [-0.2, 0) is 11.2 Å². The summed E-state index contributed by atoms with van der Waals surface area (Å²) in [6.07, 6.45) is 0.426. The maximum Gasteiger partial charge on any atom is 0.321 e. The SMILES string of the molecule is Cc1nc(CCNC(=O)NC(=O)C(C)Cl)no1. The van der Waals surface area contributed by atoms with Crippen molar-refractivity contribution in [2.24, 2.45) is 0 Å². The van der Waals surface area contributed by atoms with E-state index in [0.29, 0.717) is 24.7 Å². The Morgan fingerprint density at radius 3 is 2.76 bits per heavy atom. The van der Waals surface area contributed by atoms with Crippen LogP contribution in [0.4, 0.5) is 4.79 Å². The first-order valence-electron chi connectivity index (χ1n) is 5.01. The van der Waals surface area contributed by atoms with Gasteiger partial charge in [-0.25, -0.2) is 4.79 Å². The van der Waals surface area contributed by atoms with E-state index in [-0.39, 0.29) is 0 Å². The van der Waals surface area contributed by atoms with Crippen molar-refractivity contribution in [3.8, 4) is 0 Å². The van der Waals surface area contributed by atoms with Gasteiger partial charge < -0.3 is 9.84 Å². The largest absolute Gasteiger partial charge is 0.340 e. The second kappa shape index (κ2) is 6.19. The average molecular weight is 261 g/mol. The van der Waals surface area contributed by atoms with Crippen LogP contribution in [0.25, 0.3) is 0 Å². The Balaban J connectivity index is 2.23. The van der Waals surface area contributed by atoms with E-state index in [1.807, 2.05) is 0 Å². The predicted octanol–water partition coefficient (Wildman–Crippen LogP) is 0.374. The number of carbonyl (C=O) groups is 2. The number of aryl methyl sites for hydroxylation is 1. The zero-order valence-corrected chi connectivity index (χ0v) is 10.2. The van der Waals surface area contributed by atoms with Gasteiger partial charge in [0.15, 0.2) is 5.82 Å². The summed E-state index contributed by atoms with van der Waals surface area (Å²) in [4.78, 5) is 26.2. The summed E-state index contributed by atoms with van der Waals surface area (Å²) in [5.74, 6) is 0.426. The monoisotopic (exact) mass is 260 g/mol. The maximum absolute atomic E-state index is 11.2. The lowest BCUT2D eigenvalue weighted by Gasteiger charge is -2.06. The van der Waals surface area contributed by atoms with E-state index in [1.54, 1.807) is 6.92 Å². The van der Waals surface area contributed by atoms with Gasteiger partial charge in [0, 0.05) is 19.9 Å². The number of imide groups is 1. The lowest BCUT2D eigenvalue weighted by molar-refractivity contribution is -0.119. The summed E-state index contributed by atoms with van der Waals surface area (Å²) in [5.41, 5.74) is 0. The molecule has 0 aromatic carbocycles. The Hall–Kier alpha value is -1.63. The highest BCUT2D eigenvalue weighted by Crippen LogP contribution is 1.95. The molecular weight excluding hydrogens is 248 g/mol. The number of carbonyl (C=O) groups excluding carboxylic acids is 2. The molecule has 94 valence electrons. The minimum atomic E-state index is -0.749. The van der Waals surface area contributed by atoms with Crippen LogP contribution in [0, 0.1) is 6.92 Å². The minimum Gasteiger partial charge on any atom is -0.340 e. The van der Waals surface area contributed by atoms with Crippen molar-refractivity contribution in [3.63, 3.8) is 0 Å². The molecule has 1 unspecified atom stereocenters. The molecule has 0 aliphatic rings. The van der Waals surface area contributed by atoms with Gasteiger partial charge in [-0.05, 0) is 6.92 Å². The minimum absolute atomic E-state index is 0.300. The first kappa shape index (κ1) is 13.4. The molecule has 1 aromatic heterocycles. The van der Waals surface area contributed by atoms with E-state index in [1.165, 1.54) is 6.92 Å².